The zero-order valence-electron chi connectivity index (χ0n) is 26.7. The van der Waals surface area contributed by atoms with E-state index >= 15 is 0 Å². The number of rotatable bonds is 9. The summed E-state index contributed by atoms with van der Waals surface area (Å²) in [4.78, 5) is 30.8. The maximum Gasteiger partial charge on any atom is 0.325 e. The largest absolute Gasteiger partial charge is 0.870 e. The van der Waals surface area contributed by atoms with E-state index in [0.29, 0.717) is 57.7 Å². The van der Waals surface area contributed by atoms with Gasteiger partial charge in [-0.15, -0.1) is 0 Å². The molecule has 12 nitrogen and oxygen atoms in total. The number of sulfonamides is 1. The first kappa shape index (κ1) is 35.7. The minimum Gasteiger partial charge on any atom is -0.870 e. The van der Waals surface area contributed by atoms with Gasteiger partial charge >= 0.3 is 5.97 Å². The van der Waals surface area contributed by atoms with E-state index in [-0.39, 0.29) is 41.2 Å². The summed E-state index contributed by atoms with van der Waals surface area (Å²) >= 11 is 13.1. The number of methoxy groups -OCH3 is 1. The van der Waals surface area contributed by atoms with Crippen LogP contribution < -0.4 is 19.2 Å². The molecule has 2 fully saturated rings. The first-order valence-electron chi connectivity index (χ1n) is 15.4. The number of hydrogen-bond donors (Lipinski definition) is 0. The number of aromatic amines is 1. The average Bonchev–Trinajstić information content (AvgIpc) is 3.82. The van der Waals surface area contributed by atoms with Crippen molar-refractivity contribution in [2.24, 2.45) is 0 Å². The molecule has 48 heavy (non-hydrogen) atoms. The molecule has 2 aromatic carbocycles. The highest BCUT2D eigenvalue weighted by Gasteiger charge is 2.48. The van der Waals surface area contributed by atoms with Crippen LogP contribution in [0.1, 0.15) is 66.1 Å². The predicted molar refractivity (Wildman–Crippen MR) is 174 cm³/mol. The van der Waals surface area contributed by atoms with Gasteiger partial charge < -0.3 is 29.3 Å². The van der Waals surface area contributed by atoms with Crippen LogP contribution in [0.3, 0.4) is 0 Å². The van der Waals surface area contributed by atoms with Crippen molar-refractivity contribution in [1.29, 1.82) is 0 Å². The number of benzene rings is 2. The van der Waals surface area contributed by atoms with Gasteiger partial charge in [0, 0.05) is 56.6 Å². The molecule has 0 radical (unpaired) electrons. The molecule has 1 aromatic heterocycles. The Morgan fingerprint density at radius 1 is 1.06 bits per heavy atom. The number of ether oxygens (including phenoxy) is 4. The molecule has 2 atom stereocenters. The standard InChI is InChI=1S/C33H35Cl2N3O8S.H2O/c1-37(2)31(39)20-8-6-9-21(16-20)47(41,42)38-15-7-10-26(38)32(40)44-28(17-23-24(34)18-36-19-25(23)35)22-11-12-27(43-3)30-29(22)45-33(46-30)13-4-5-14-33;/h6,8-9,11-12,16,18-19,26,28H,4-5,7,10,13-15,17H2,1-3H3;1H2/t26-,28-;/m0./s1. The monoisotopic (exact) mass is 721 g/mol. The van der Waals surface area contributed by atoms with Gasteiger partial charge in [0.1, 0.15) is 22.2 Å². The molecule has 1 amide bonds. The Labute approximate surface area is 289 Å². The van der Waals surface area contributed by atoms with Crippen molar-refractivity contribution < 1.29 is 47.4 Å². The number of halogens is 2. The maximum absolute atomic E-state index is 14.1. The molecule has 1 aliphatic carbocycles. The number of carbonyl (C=O) groups is 2. The number of pyridine rings is 1. The van der Waals surface area contributed by atoms with Crippen LogP contribution in [0.2, 0.25) is 10.0 Å². The van der Waals surface area contributed by atoms with E-state index in [1.54, 1.807) is 44.7 Å². The highest BCUT2D eigenvalue weighted by Crippen LogP contribution is 2.54. The number of esters is 1. The van der Waals surface area contributed by atoms with Gasteiger partial charge in [-0.2, -0.15) is 4.31 Å². The lowest BCUT2D eigenvalue weighted by molar-refractivity contribution is -0.377. The Morgan fingerprint density at radius 3 is 2.42 bits per heavy atom. The van der Waals surface area contributed by atoms with Crippen molar-refractivity contribution in [1.82, 2.24) is 9.21 Å². The molecule has 1 saturated carbocycles. The second-order valence-electron chi connectivity index (χ2n) is 12.1. The number of fused-ring (bicyclic) bond motifs is 1. The van der Waals surface area contributed by atoms with Crippen LogP contribution in [0, 0.1) is 0 Å². The van der Waals surface area contributed by atoms with Crippen LogP contribution in [0.4, 0.5) is 0 Å². The minimum atomic E-state index is -4.17. The minimum absolute atomic E-state index is 0. The Kier molecular flexibility index (Phi) is 10.5. The van der Waals surface area contributed by atoms with Crippen molar-refractivity contribution in [3.63, 3.8) is 0 Å². The molecule has 1 saturated heterocycles. The summed E-state index contributed by atoms with van der Waals surface area (Å²) < 4.78 is 53.6. The molecular weight excluding hydrogens is 685 g/mol. The molecule has 258 valence electrons. The lowest BCUT2D eigenvalue weighted by Gasteiger charge is -2.27. The summed E-state index contributed by atoms with van der Waals surface area (Å²) in [7, 11) is 0.545. The number of aromatic nitrogens is 1. The van der Waals surface area contributed by atoms with Gasteiger partial charge in [-0.05, 0) is 56.0 Å². The Morgan fingerprint density at radius 2 is 1.75 bits per heavy atom. The Balaban J connectivity index is 0.00000451. The van der Waals surface area contributed by atoms with E-state index in [9.17, 15) is 18.0 Å². The van der Waals surface area contributed by atoms with Gasteiger partial charge in [-0.25, -0.2) is 13.4 Å². The van der Waals surface area contributed by atoms with Gasteiger partial charge in [0.15, 0.2) is 23.9 Å². The fourth-order valence-electron chi connectivity index (χ4n) is 6.42. The molecule has 3 heterocycles. The van der Waals surface area contributed by atoms with Crippen molar-refractivity contribution in [3.8, 4) is 17.2 Å². The maximum atomic E-state index is 14.1. The highest BCUT2D eigenvalue weighted by molar-refractivity contribution is 7.89. The molecule has 15 heteroatoms. The molecule has 3 aliphatic rings. The number of H-pyrrole nitrogens is 1. The summed E-state index contributed by atoms with van der Waals surface area (Å²) in [6, 6.07) is 8.18. The number of carbonyl (C=O) groups excluding carboxylic acids is 2. The van der Waals surface area contributed by atoms with Crippen molar-refractivity contribution in [2.75, 3.05) is 27.7 Å². The second kappa shape index (κ2) is 14.1. The van der Waals surface area contributed by atoms with E-state index in [4.69, 9.17) is 42.1 Å². The Hall–Kier alpha value is -3.62. The fourth-order valence-corrected chi connectivity index (χ4v) is 8.65. The van der Waals surface area contributed by atoms with Crippen molar-refractivity contribution in [2.45, 2.75) is 67.8 Å². The zero-order valence-corrected chi connectivity index (χ0v) is 29.0. The fraction of sp³-hybridized carbons (Fsp3) is 0.424. The van der Waals surface area contributed by atoms with Crippen molar-refractivity contribution >= 4 is 45.1 Å². The molecule has 6 rings (SSSR count). The van der Waals surface area contributed by atoms with E-state index in [1.807, 2.05) is 0 Å². The summed E-state index contributed by atoms with van der Waals surface area (Å²) in [5.74, 6) is -0.608. The van der Waals surface area contributed by atoms with Crippen LogP contribution in [-0.2, 0) is 26.0 Å². The van der Waals surface area contributed by atoms with E-state index in [1.165, 1.54) is 30.2 Å². The Bertz CT molecular complexity index is 1800. The summed E-state index contributed by atoms with van der Waals surface area (Å²) in [6.45, 7) is 0.113. The van der Waals surface area contributed by atoms with E-state index in [2.05, 4.69) is 4.98 Å². The lowest BCUT2D eigenvalue weighted by atomic mass is 10.00. The molecule has 0 unspecified atom stereocenters. The van der Waals surface area contributed by atoms with Crippen LogP contribution in [0.25, 0.3) is 0 Å². The zero-order chi connectivity index (χ0) is 33.5. The highest BCUT2D eigenvalue weighted by atomic mass is 35.5. The molecular formula is C33H37Cl2N3O9S. The third-order valence-corrected chi connectivity index (χ3v) is 11.4. The topological polar surface area (TPSA) is 156 Å². The van der Waals surface area contributed by atoms with Crippen LogP contribution in [0.15, 0.2) is 53.7 Å². The third kappa shape index (κ3) is 6.66. The molecule has 2 aliphatic heterocycles. The van der Waals surface area contributed by atoms with Crippen LogP contribution in [-0.4, -0.2) is 74.6 Å². The second-order valence-corrected chi connectivity index (χ2v) is 14.8. The lowest BCUT2D eigenvalue weighted by Crippen LogP contribution is -2.42. The van der Waals surface area contributed by atoms with E-state index in [0.717, 1.165) is 17.1 Å². The van der Waals surface area contributed by atoms with Gasteiger partial charge in [0.25, 0.3) is 11.7 Å². The van der Waals surface area contributed by atoms with Gasteiger partial charge in [-0.1, -0.05) is 29.3 Å². The van der Waals surface area contributed by atoms with Gasteiger partial charge in [-0.3, -0.25) is 9.59 Å². The third-order valence-electron chi connectivity index (χ3n) is 8.83. The molecule has 2 N–H and O–H groups in total. The number of nitrogens with zero attached hydrogens (tertiary/aromatic N) is 2. The number of amides is 1. The van der Waals surface area contributed by atoms with Crippen LogP contribution in [0.5, 0.6) is 17.2 Å². The van der Waals surface area contributed by atoms with Gasteiger partial charge in [0.05, 0.1) is 12.0 Å². The van der Waals surface area contributed by atoms with Gasteiger partial charge in [0.2, 0.25) is 15.8 Å². The first-order valence-corrected chi connectivity index (χ1v) is 17.6. The van der Waals surface area contributed by atoms with E-state index < -0.39 is 33.9 Å². The first-order chi connectivity index (χ1) is 22.4. The molecule has 0 bridgehead atoms. The average molecular weight is 723 g/mol. The van der Waals surface area contributed by atoms with Crippen LogP contribution >= 0.6 is 23.2 Å². The molecule has 1 spiro atoms. The number of nitrogens with one attached hydrogen (secondary N) is 1. The SMILES string of the molecule is COc1ccc([C@H](Cc2c(Cl)c[nH+]cc2Cl)OC(=O)[C@@H]2CCCN2S(=O)(=O)c2cccc(C(=O)N(C)C)c2)c2c1OC1(CCCC1)O2.[OH-]. The van der Waals surface area contributed by atoms with Crippen molar-refractivity contribution in [3.05, 3.63) is 75.5 Å². The summed E-state index contributed by atoms with van der Waals surface area (Å²) in [5.41, 5.74) is 1.27. The summed E-state index contributed by atoms with van der Waals surface area (Å²) in [6.07, 6.45) is 6.21. The summed E-state index contributed by atoms with van der Waals surface area (Å²) in [5, 5.41) is 0.677. The predicted octanol–water partition coefficient (Wildman–Crippen LogP) is 5.06. The molecule has 3 aromatic rings. The number of hydrogen-bond acceptors (Lipinski definition) is 9. The smallest absolute Gasteiger partial charge is 0.325 e. The quantitative estimate of drug-likeness (QED) is 0.276. The normalized spacial score (nSPS) is 18.7.